The molecule has 0 bridgehead atoms. The quantitative estimate of drug-likeness (QED) is 0.349. The SMILES string of the molecule is C=CC(=O)N1CC2(CCN(c3pc4cccc(Cl)c4c4c3nn3ccccc43)C(C)C2)C1. The number of hydrogen-bond donors (Lipinski definition) is 0. The molecule has 0 saturated carbocycles. The lowest BCUT2D eigenvalue weighted by atomic mass is 9.69. The summed E-state index contributed by atoms with van der Waals surface area (Å²) in [5, 5.41) is 9.27. The number of piperidine rings is 1. The van der Waals surface area contributed by atoms with Crippen molar-refractivity contribution in [2.24, 2.45) is 5.41 Å². The molecule has 1 unspecified atom stereocenters. The molecule has 2 fully saturated rings. The molecule has 3 aromatic heterocycles. The fourth-order valence-electron chi connectivity index (χ4n) is 5.69. The van der Waals surface area contributed by atoms with E-state index in [1.807, 2.05) is 33.8 Å². The van der Waals surface area contributed by atoms with Gasteiger partial charge in [-0.15, -0.1) is 0 Å². The first-order valence-corrected chi connectivity index (χ1v) is 12.3. The topological polar surface area (TPSA) is 40.9 Å². The fraction of sp³-hybridized carbons (Fsp3) is 0.320. The predicted molar refractivity (Wildman–Crippen MR) is 133 cm³/mol. The molecule has 1 amide bonds. The van der Waals surface area contributed by atoms with Gasteiger partial charge in [0.2, 0.25) is 5.91 Å². The number of carbonyl (C=O) groups is 1. The van der Waals surface area contributed by atoms with Gasteiger partial charge in [0.05, 0.1) is 10.9 Å². The molecule has 7 heteroatoms. The number of carbonyl (C=O) groups excluding carboxylic acids is 1. The number of rotatable bonds is 2. The molecule has 2 aliphatic rings. The van der Waals surface area contributed by atoms with Gasteiger partial charge in [-0.25, -0.2) is 4.52 Å². The first-order chi connectivity index (χ1) is 15.5. The molecule has 32 heavy (non-hydrogen) atoms. The van der Waals surface area contributed by atoms with Crippen molar-refractivity contribution >= 4 is 58.0 Å². The number of hydrogen-bond acceptors (Lipinski definition) is 3. The Balaban J connectivity index is 1.44. The van der Waals surface area contributed by atoms with Crippen molar-refractivity contribution < 1.29 is 4.79 Å². The highest BCUT2D eigenvalue weighted by molar-refractivity contribution is 7.41. The van der Waals surface area contributed by atoms with Crippen molar-refractivity contribution in [1.29, 1.82) is 0 Å². The van der Waals surface area contributed by atoms with Gasteiger partial charge in [0.1, 0.15) is 5.52 Å². The summed E-state index contributed by atoms with van der Waals surface area (Å²) < 4.78 is 1.97. The monoisotopic (exact) mass is 462 g/mol. The van der Waals surface area contributed by atoms with Crippen LogP contribution in [0.15, 0.2) is 55.3 Å². The van der Waals surface area contributed by atoms with Crippen LogP contribution in [-0.4, -0.2) is 46.1 Å². The number of aromatic nitrogens is 2. The average Bonchev–Trinajstić information content (AvgIpc) is 3.16. The second-order valence-corrected chi connectivity index (χ2v) is 10.8. The summed E-state index contributed by atoms with van der Waals surface area (Å²) >= 11 is 6.70. The molecular formula is C25H24ClN4OP. The van der Waals surface area contributed by atoms with E-state index < -0.39 is 0 Å². The van der Waals surface area contributed by atoms with E-state index in [-0.39, 0.29) is 11.3 Å². The van der Waals surface area contributed by atoms with E-state index in [2.05, 4.69) is 36.6 Å². The van der Waals surface area contributed by atoms with Gasteiger partial charge in [0.15, 0.2) is 0 Å². The number of nitrogens with zero attached hydrogens (tertiary/aromatic N) is 4. The Morgan fingerprint density at radius 2 is 2.09 bits per heavy atom. The number of anilines is 1. The van der Waals surface area contributed by atoms with Gasteiger partial charge in [-0.2, -0.15) is 5.10 Å². The van der Waals surface area contributed by atoms with E-state index in [4.69, 9.17) is 16.7 Å². The van der Waals surface area contributed by atoms with Gasteiger partial charge in [0.25, 0.3) is 0 Å². The minimum absolute atomic E-state index is 0.0497. The first-order valence-electron chi connectivity index (χ1n) is 11.0. The number of fused-ring (bicyclic) bond motifs is 5. The number of amides is 1. The molecule has 162 valence electrons. The molecule has 0 aliphatic carbocycles. The van der Waals surface area contributed by atoms with E-state index in [1.54, 1.807) is 0 Å². The molecule has 6 rings (SSSR count). The van der Waals surface area contributed by atoms with Crippen molar-refractivity contribution in [3.05, 3.63) is 60.3 Å². The van der Waals surface area contributed by atoms with Crippen LogP contribution < -0.4 is 4.90 Å². The maximum Gasteiger partial charge on any atom is 0.245 e. The van der Waals surface area contributed by atoms with E-state index >= 15 is 0 Å². The highest BCUT2D eigenvalue weighted by Gasteiger charge is 2.48. The van der Waals surface area contributed by atoms with E-state index in [9.17, 15) is 4.79 Å². The van der Waals surface area contributed by atoms with Gasteiger partial charge < -0.3 is 9.80 Å². The normalized spacial score (nSPS) is 20.5. The van der Waals surface area contributed by atoms with Crippen LogP contribution in [0, 0.1) is 5.41 Å². The van der Waals surface area contributed by atoms with Gasteiger partial charge in [-0.1, -0.05) is 30.3 Å². The van der Waals surface area contributed by atoms with Crippen LogP contribution in [0.2, 0.25) is 5.02 Å². The third-order valence-corrected chi connectivity index (χ3v) is 8.78. The highest BCUT2D eigenvalue weighted by Crippen LogP contribution is 2.50. The Morgan fingerprint density at radius 1 is 1.25 bits per heavy atom. The molecule has 0 radical (unpaired) electrons. The number of benzene rings is 1. The maximum atomic E-state index is 12.0. The summed E-state index contributed by atoms with van der Waals surface area (Å²) in [6.45, 7) is 8.61. The third-order valence-electron chi connectivity index (χ3n) is 7.17. The van der Waals surface area contributed by atoms with Crippen LogP contribution in [0.1, 0.15) is 19.8 Å². The smallest absolute Gasteiger partial charge is 0.245 e. The van der Waals surface area contributed by atoms with Crippen LogP contribution in [0.3, 0.4) is 0 Å². The fourth-order valence-corrected chi connectivity index (χ4v) is 7.45. The third kappa shape index (κ3) is 2.88. The van der Waals surface area contributed by atoms with Gasteiger partial charge in [-0.05, 0) is 58.3 Å². The van der Waals surface area contributed by atoms with Crippen LogP contribution in [0.5, 0.6) is 0 Å². The Morgan fingerprint density at radius 3 is 2.88 bits per heavy atom. The molecule has 5 nitrogen and oxygen atoms in total. The highest BCUT2D eigenvalue weighted by atomic mass is 35.5. The zero-order valence-corrected chi connectivity index (χ0v) is 19.6. The Kier molecular flexibility index (Phi) is 4.50. The molecule has 2 saturated heterocycles. The van der Waals surface area contributed by atoms with Crippen molar-refractivity contribution in [3.8, 4) is 0 Å². The second kappa shape index (κ2) is 7.19. The summed E-state index contributed by atoms with van der Waals surface area (Å²) in [5.74, 6) is 0.0497. The van der Waals surface area contributed by atoms with Gasteiger partial charge in [0, 0.05) is 58.2 Å². The van der Waals surface area contributed by atoms with Crippen molar-refractivity contribution in [1.82, 2.24) is 14.5 Å². The minimum Gasteiger partial charge on any atom is -0.363 e. The minimum atomic E-state index is 0.0497. The lowest BCUT2D eigenvalue weighted by molar-refractivity contribution is -0.139. The molecule has 1 aromatic carbocycles. The van der Waals surface area contributed by atoms with Gasteiger partial charge in [-0.3, -0.25) is 4.79 Å². The molecule has 1 atom stereocenters. The Hall–Kier alpha value is -2.62. The molecule has 0 N–H and O–H groups in total. The Bertz CT molecular complexity index is 1410. The van der Waals surface area contributed by atoms with Crippen molar-refractivity contribution in [2.45, 2.75) is 25.8 Å². The van der Waals surface area contributed by atoms with Crippen LogP contribution in [0.4, 0.5) is 5.42 Å². The zero-order chi connectivity index (χ0) is 22.0. The number of pyridine rings is 1. The lowest BCUT2D eigenvalue weighted by Crippen LogP contribution is -2.63. The molecule has 1 spiro atoms. The largest absolute Gasteiger partial charge is 0.363 e. The van der Waals surface area contributed by atoms with E-state index in [1.165, 1.54) is 16.6 Å². The summed E-state index contributed by atoms with van der Waals surface area (Å²) in [7, 11) is 1.15. The second-order valence-electron chi connectivity index (χ2n) is 9.22. The summed E-state index contributed by atoms with van der Waals surface area (Å²) in [5.41, 5.74) is 3.63. The zero-order valence-electron chi connectivity index (χ0n) is 18.0. The van der Waals surface area contributed by atoms with Crippen molar-refractivity contribution in [2.75, 3.05) is 24.5 Å². The van der Waals surface area contributed by atoms with Crippen molar-refractivity contribution in [3.63, 3.8) is 0 Å². The van der Waals surface area contributed by atoms with Gasteiger partial charge >= 0.3 is 0 Å². The predicted octanol–water partition coefficient (Wildman–Crippen LogP) is 5.88. The van der Waals surface area contributed by atoms with Crippen LogP contribution in [-0.2, 0) is 4.79 Å². The first kappa shape index (κ1) is 20.0. The average molecular weight is 463 g/mol. The Labute approximate surface area is 193 Å². The maximum absolute atomic E-state index is 12.0. The molecule has 2 aliphatic heterocycles. The van der Waals surface area contributed by atoms with E-state index in [0.29, 0.717) is 6.04 Å². The summed E-state index contributed by atoms with van der Waals surface area (Å²) in [6.07, 6.45) is 5.60. The van der Waals surface area contributed by atoms with Crippen LogP contribution in [0.25, 0.3) is 26.9 Å². The number of halogens is 1. The standard InChI is InChI=1S/C25H24ClN4OP/c1-3-20(31)28-14-25(15-28)10-12-29(16(2)13-25)24-23-22(18-8-4-5-11-30(18)27-23)21-17(26)7-6-9-19(21)32-24/h3-9,11,16H,1,10,12-15H2,2H3. The molecule has 5 heterocycles. The number of likely N-dealkylation sites (tertiary alicyclic amines) is 1. The van der Waals surface area contributed by atoms with Crippen LogP contribution >= 0.6 is 19.8 Å². The molecular weight excluding hydrogens is 439 g/mol. The summed E-state index contributed by atoms with van der Waals surface area (Å²) in [6, 6.07) is 12.8. The van der Waals surface area contributed by atoms with E-state index in [0.717, 1.165) is 67.5 Å². The molecule has 4 aromatic rings. The lowest BCUT2D eigenvalue weighted by Gasteiger charge is -2.56. The summed E-state index contributed by atoms with van der Waals surface area (Å²) in [4.78, 5) is 16.4.